The SMILES string of the molecule is C[C@H](C[C@@H](C)O)O[C@H](C)C1CCCCC1. The highest BCUT2D eigenvalue weighted by molar-refractivity contribution is 4.72. The molecule has 0 aliphatic heterocycles. The van der Waals surface area contributed by atoms with Gasteiger partial charge in [-0.05, 0) is 46.0 Å². The Morgan fingerprint density at radius 2 is 1.73 bits per heavy atom. The van der Waals surface area contributed by atoms with E-state index >= 15 is 0 Å². The molecule has 2 heteroatoms. The van der Waals surface area contributed by atoms with Crippen LogP contribution in [0.5, 0.6) is 0 Å². The van der Waals surface area contributed by atoms with Crippen LogP contribution in [0, 0.1) is 5.92 Å². The monoisotopic (exact) mass is 214 g/mol. The van der Waals surface area contributed by atoms with Crippen molar-refractivity contribution in [3.63, 3.8) is 0 Å². The van der Waals surface area contributed by atoms with E-state index in [-0.39, 0.29) is 12.2 Å². The number of hydrogen-bond acceptors (Lipinski definition) is 2. The third-order valence-corrected chi connectivity index (χ3v) is 3.43. The summed E-state index contributed by atoms with van der Waals surface area (Å²) in [5.74, 6) is 0.746. The van der Waals surface area contributed by atoms with Crippen molar-refractivity contribution < 1.29 is 9.84 Å². The normalized spacial score (nSPS) is 24.8. The highest BCUT2D eigenvalue weighted by Crippen LogP contribution is 2.28. The minimum Gasteiger partial charge on any atom is -0.393 e. The van der Waals surface area contributed by atoms with Crippen molar-refractivity contribution in [3.8, 4) is 0 Å². The van der Waals surface area contributed by atoms with E-state index < -0.39 is 0 Å². The predicted octanol–water partition coefficient (Wildman–Crippen LogP) is 3.13. The lowest BCUT2D eigenvalue weighted by Crippen LogP contribution is -2.28. The fourth-order valence-corrected chi connectivity index (χ4v) is 2.62. The summed E-state index contributed by atoms with van der Waals surface area (Å²) in [4.78, 5) is 0. The number of hydrogen-bond donors (Lipinski definition) is 1. The molecule has 3 atom stereocenters. The molecule has 0 aromatic rings. The second-order valence-electron chi connectivity index (χ2n) is 5.13. The summed E-state index contributed by atoms with van der Waals surface area (Å²) < 4.78 is 5.94. The molecule has 0 unspecified atom stereocenters. The van der Waals surface area contributed by atoms with Gasteiger partial charge in [0, 0.05) is 0 Å². The van der Waals surface area contributed by atoms with E-state index in [2.05, 4.69) is 13.8 Å². The molecule has 0 saturated heterocycles. The van der Waals surface area contributed by atoms with E-state index in [9.17, 15) is 5.11 Å². The maximum atomic E-state index is 9.27. The molecule has 0 aromatic heterocycles. The van der Waals surface area contributed by atoms with Gasteiger partial charge in [-0.3, -0.25) is 0 Å². The van der Waals surface area contributed by atoms with E-state index in [4.69, 9.17) is 4.74 Å². The van der Waals surface area contributed by atoms with Gasteiger partial charge in [-0.25, -0.2) is 0 Å². The smallest absolute Gasteiger partial charge is 0.0578 e. The summed E-state index contributed by atoms with van der Waals surface area (Å²) in [6, 6.07) is 0. The Morgan fingerprint density at radius 1 is 1.13 bits per heavy atom. The van der Waals surface area contributed by atoms with Crippen LogP contribution >= 0.6 is 0 Å². The van der Waals surface area contributed by atoms with Crippen LogP contribution in [0.2, 0.25) is 0 Å². The number of aliphatic hydroxyl groups excluding tert-OH is 1. The Kier molecular flexibility index (Phi) is 5.62. The third-order valence-electron chi connectivity index (χ3n) is 3.43. The zero-order chi connectivity index (χ0) is 11.3. The lowest BCUT2D eigenvalue weighted by molar-refractivity contribution is -0.0483. The van der Waals surface area contributed by atoms with Gasteiger partial charge in [0.25, 0.3) is 0 Å². The van der Waals surface area contributed by atoms with Crippen molar-refractivity contribution in [1.29, 1.82) is 0 Å². The van der Waals surface area contributed by atoms with E-state index in [1.807, 2.05) is 6.92 Å². The van der Waals surface area contributed by atoms with Crippen LogP contribution in [0.3, 0.4) is 0 Å². The second-order valence-corrected chi connectivity index (χ2v) is 5.13. The van der Waals surface area contributed by atoms with Gasteiger partial charge in [0.2, 0.25) is 0 Å². The summed E-state index contributed by atoms with van der Waals surface area (Å²) in [5.41, 5.74) is 0. The van der Waals surface area contributed by atoms with E-state index in [0.29, 0.717) is 6.10 Å². The maximum absolute atomic E-state index is 9.27. The molecule has 2 nitrogen and oxygen atoms in total. The zero-order valence-electron chi connectivity index (χ0n) is 10.4. The Balaban J connectivity index is 2.23. The molecule has 1 N–H and O–H groups in total. The maximum Gasteiger partial charge on any atom is 0.0578 e. The van der Waals surface area contributed by atoms with Gasteiger partial charge in [-0.1, -0.05) is 19.3 Å². The van der Waals surface area contributed by atoms with Gasteiger partial charge in [0.1, 0.15) is 0 Å². The van der Waals surface area contributed by atoms with Gasteiger partial charge < -0.3 is 9.84 Å². The first-order valence-electron chi connectivity index (χ1n) is 6.43. The molecule has 0 amide bonds. The second kappa shape index (κ2) is 6.49. The molecule has 0 aromatic carbocycles. The van der Waals surface area contributed by atoms with Crippen molar-refractivity contribution in [2.45, 2.75) is 77.6 Å². The molecule has 1 aliphatic rings. The minimum absolute atomic E-state index is 0.182. The largest absolute Gasteiger partial charge is 0.393 e. The van der Waals surface area contributed by atoms with Crippen molar-refractivity contribution in [2.75, 3.05) is 0 Å². The molecule has 0 spiro atoms. The van der Waals surface area contributed by atoms with Crippen LogP contribution < -0.4 is 0 Å². The summed E-state index contributed by atoms with van der Waals surface area (Å²) in [6.45, 7) is 6.08. The minimum atomic E-state index is -0.251. The topological polar surface area (TPSA) is 29.5 Å². The lowest BCUT2D eigenvalue weighted by atomic mass is 9.86. The third kappa shape index (κ3) is 4.98. The van der Waals surface area contributed by atoms with Gasteiger partial charge in [0.05, 0.1) is 18.3 Å². The molecule has 1 aliphatic carbocycles. The molecule has 15 heavy (non-hydrogen) atoms. The molecule has 1 saturated carbocycles. The van der Waals surface area contributed by atoms with E-state index in [1.54, 1.807) is 0 Å². The molecule has 1 fully saturated rings. The average molecular weight is 214 g/mol. The van der Waals surface area contributed by atoms with Crippen LogP contribution in [0.4, 0.5) is 0 Å². The molecule has 90 valence electrons. The number of ether oxygens (including phenoxy) is 1. The van der Waals surface area contributed by atoms with Crippen LogP contribution in [-0.2, 0) is 4.74 Å². The van der Waals surface area contributed by atoms with Crippen LogP contribution in [0.1, 0.15) is 59.3 Å². The summed E-state index contributed by atoms with van der Waals surface area (Å²) >= 11 is 0. The standard InChI is InChI=1S/C13H26O2/c1-10(14)9-11(2)15-12(3)13-7-5-4-6-8-13/h10-14H,4-9H2,1-3H3/t10-,11-,12-/m1/s1. The average Bonchev–Trinajstić information content (AvgIpc) is 2.17. The van der Waals surface area contributed by atoms with Gasteiger partial charge in [0.15, 0.2) is 0 Å². The Bertz CT molecular complexity index is 162. The molecule has 0 radical (unpaired) electrons. The van der Waals surface area contributed by atoms with Crippen LogP contribution in [0.15, 0.2) is 0 Å². The van der Waals surface area contributed by atoms with Gasteiger partial charge in [-0.15, -0.1) is 0 Å². The van der Waals surface area contributed by atoms with Crippen LogP contribution in [-0.4, -0.2) is 23.4 Å². The van der Waals surface area contributed by atoms with Crippen molar-refractivity contribution in [1.82, 2.24) is 0 Å². The van der Waals surface area contributed by atoms with Crippen molar-refractivity contribution in [2.24, 2.45) is 5.92 Å². The van der Waals surface area contributed by atoms with Crippen molar-refractivity contribution >= 4 is 0 Å². The summed E-state index contributed by atoms with van der Waals surface area (Å²) in [5, 5.41) is 9.27. The highest BCUT2D eigenvalue weighted by atomic mass is 16.5. The summed E-state index contributed by atoms with van der Waals surface area (Å²) in [7, 11) is 0. The first kappa shape index (κ1) is 13.0. The number of aliphatic hydroxyl groups is 1. The van der Waals surface area contributed by atoms with E-state index in [1.165, 1.54) is 32.1 Å². The molecular weight excluding hydrogens is 188 g/mol. The van der Waals surface area contributed by atoms with Crippen molar-refractivity contribution in [3.05, 3.63) is 0 Å². The molecular formula is C13H26O2. The highest BCUT2D eigenvalue weighted by Gasteiger charge is 2.22. The van der Waals surface area contributed by atoms with Crippen LogP contribution in [0.25, 0.3) is 0 Å². The van der Waals surface area contributed by atoms with Gasteiger partial charge >= 0.3 is 0 Å². The Hall–Kier alpha value is -0.0800. The molecule has 0 heterocycles. The Morgan fingerprint density at radius 3 is 2.27 bits per heavy atom. The molecule has 0 bridgehead atoms. The zero-order valence-corrected chi connectivity index (χ0v) is 10.4. The van der Waals surface area contributed by atoms with E-state index in [0.717, 1.165) is 12.3 Å². The van der Waals surface area contributed by atoms with Gasteiger partial charge in [-0.2, -0.15) is 0 Å². The predicted molar refractivity (Wildman–Crippen MR) is 62.9 cm³/mol. The Labute approximate surface area is 94.0 Å². The fourth-order valence-electron chi connectivity index (χ4n) is 2.62. The first-order chi connectivity index (χ1) is 7.09. The summed E-state index contributed by atoms with van der Waals surface area (Å²) in [6.07, 6.45) is 7.81. The molecule has 1 rings (SSSR count). The quantitative estimate of drug-likeness (QED) is 0.762. The fraction of sp³-hybridized carbons (Fsp3) is 1.00. The number of rotatable bonds is 5. The lowest BCUT2D eigenvalue weighted by Gasteiger charge is -2.30. The first-order valence-corrected chi connectivity index (χ1v) is 6.43.